The molecule has 0 atom stereocenters. The zero-order chi connectivity index (χ0) is 16.3. The second-order valence-electron chi connectivity index (χ2n) is 6.21. The molecule has 0 saturated carbocycles. The molecule has 0 unspecified atom stereocenters. The van der Waals surface area contributed by atoms with Crippen molar-refractivity contribution in [2.24, 2.45) is 0 Å². The Morgan fingerprint density at radius 1 is 1.23 bits per heavy atom. The van der Waals surface area contributed by atoms with E-state index in [1.165, 1.54) is 15.5 Å². The largest absolute Gasteiger partial charge is 0.390 e. The number of hydrogen-bond donors (Lipinski definition) is 2. The summed E-state index contributed by atoms with van der Waals surface area (Å²) in [6, 6.07) is 0. The highest BCUT2D eigenvalue weighted by atomic mass is 16.3. The first-order valence-corrected chi connectivity index (χ1v) is 7.74. The molecule has 0 saturated heterocycles. The van der Waals surface area contributed by atoms with Gasteiger partial charge in [0.05, 0.1) is 11.9 Å². The first kappa shape index (κ1) is 16.5. The summed E-state index contributed by atoms with van der Waals surface area (Å²) < 4.78 is 2.78. The van der Waals surface area contributed by atoms with Crippen LogP contribution in [0.5, 0.6) is 0 Å². The third kappa shape index (κ3) is 3.47. The highest BCUT2D eigenvalue weighted by Crippen LogP contribution is 2.13. The van der Waals surface area contributed by atoms with E-state index in [9.17, 15) is 14.7 Å². The first-order chi connectivity index (χ1) is 10.3. The van der Waals surface area contributed by atoms with Gasteiger partial charge in [0.25, 0.3) is 5.56 Å². The molecule has 0 fully saturated rings. The van der Waals surface area contributed by atoms with Crippen LogP contribution < -0.4 is 11.2 Å². The van der Waals surface area contributed by atoms with E-state index in [1.54, 1.807) is 13.8 Å². The average molecular weight is 308 g/mol. The molecule has 122 valence electrons. The van der Waals surface area contributed by atoms with Crippen molar-refractivity contribution < 1.29 is 5.11 Å². The Bertz CT molecular complexity index is 749. The molecule has 0 amide bonds. The zero-order valence-electron chi connectivity index (χ0n) is 13.4. The number of aliphatic hydroxyl groups is 1. The Kier molecular flexibility index (Phi) is 4.85. The van der Waals surface area contributed by atoms with Crippen molar-refractivity contribution in [3.63, 3.8) is 0 Å². The molecule has 0 radical (unpaired) electrons. The van der Waals surface area contributed by atoms with Gasteiger partial charge in [-0.3, -0.25) is 13.9 Å². The monoisotopic (exact) mass is 308 g/mol. The van der Waals surface area contributed by atoms with Gasteiger partial charge in [0, 0.05) is 13.1 Å². The minimum absolute atomic E-state index is 0.311. The van der Waals surface area contributed by atoms with E-state index >= 15 is 0 Å². The number of H-pyrrole nitrogens is 1. The number of rotatable bonds is 7. The number of aromatic amines is 1. The number of nitrogens with zero attached hydrogens (tertiary/aromatic N) is 3. The molecule has 2 rings (SSSR count). The van der Waals surface area contributed by atoms with E-state index in [4.69, 9.17) is 0 Å². The summed E-state index contributed by atoms with van der Waals surface area (Å²) in [5.41, 5.74) is -0.506. The fourth-order valence-corrected chi connectivity index (χ4v) is 2.59. The van der Waals surface area contributed by atoms with Crippen molar-refractivity contribution in [3.05, 3.63) is 27.2 Å². The number of hydrogen-bond acceptors (Lipinski definition) is 4. The first-order valence-electron chi connectivity index (χ1n) is 7.74. The van der Waals surface area contributed by atoms with Crippen molar-refractivity contribution in [3.8, 4) is 0 Å². The summed E-state index contributed by atoms with van der Waals surface area (Å²) in [6.45, 7) is 6.28. The highest BCUT2D eigenvalue weighted by Gasteiger charge is 2.14. The SMILES string of the molecule is CCn1c(=O)n(CCCCCC(C)(C)O)c(=O)c2[nH]cnc21. The fourth-order valence-electron chi connectivity index (χ4n) is 2.59. The van der Waals surface area contributed by atoms with Crippen LogP contribution in [0.2, 0.25) is 0 Å². The molecule has 22 heavy (non-hydrogen) atoms. The van der Waals surface area contributed by atoms with Crippen molar-refractivity contribution in [2.45, 2.75) is 65.1 Å². The van der Waals surface area contributed by atoms with Gasteiger partial charge in [-0.15, -0.1) is 0 Å². The summed E-state index contributed by atoms with van der Waals surface area (Å²) >= 11 is 0. The quantitative estimate of drug-likeness (QED) is 0.753. The van der Waals surface area contributed by atoms with Gasteiger partial charge in [-0.25, -0.2) is 9.78 Å². The lowest BCUT2D eigenvalue weighted by Crippen LogP contribution is -2.40. The second kappa shape index (κ2) is 6.48. The van der Waals surface area contributed by atoms with Gasteiger partial charge in [0.15, 0.2) is 5.65 Å². The van der Waals surface area contributed by atoms with Gasteiger partial charge in [-0.05, 0) is 33.6 Å². The van der Waals surface area contributed by atoms with Crippen LogP contribution in [0.15, 0.2) is 15.9 Å². The Morgan fingerprint density at radius 2 is 1.95 bits per heavy atom. The lowest BCUT2D eigenvalue weighted by Gasteiger charge is -2.16. The topological polar surface area (TPSA) is 92.9 Å². The van der Waals surface area contributed by atoms with Crippen molar-refractivity contribution >= 4 is 11.2 Å². The molecule has 7 nitrogen and oxygen atoms in total. The van der Waals surface area contributed by atoms with Crippen LogP contribution in [0.1, 0.15) is 46.5 Å². The fraction of sp³-hybridized carbons (Fsp3) is 0.667. The van der Waals surface area contributed by atoms with Crippen molar-refractivity contribution in [2.75, 3.05) is 0 Å². The maximum atomic E-state index is 12.4. The molecule has 7 heteroatoms. The smallest absolute Gasteiger partial charge is 0.332 e. The Labute approximate surface area is 128 Å². The molecule has 0 aliphatic carbocycles. The predicted molar refractivity (Wildman–Crippen MR) is 85.1 cm³/mol. The molecule has 0 spiro atoms. The summed E-state index contributed by atoms with van der Waals surface area (Å²) in [5, 5.41) is 9.67. The molecule has 2 heterocycles. The number of imidazole rings is 1. The minimum atomic E-state index is -0.666. The van der Waals surface area contributed by atoms with E-state index in [0.29, 0.717) is 30.7 Å². The van der Waals surface area contributed by atoms with Gasteiger partial charge in [-0.2, -0.15) is 0 Å². The van der Waals surface area contributed by atoms with Crippen LogP contribution in [0.25, 0.3) is 11.2 Å². The number of aromatic nitrogens is 4. The Balaban J connectivity index is 2.15. The summed E-state index contributed by atoms with van der Waals surface area (Å²) in [4.78, 5) is 31.6. The van der Waals surface area contributed by atoms with E-state index in [2.05, 4.69) is 9.97 Å². The third-order valence-corrected chi connectivity index (χ3v) is 3.78. The van der Waals surface area contributed by atoms with Crippen molar-refractivity contribution in [1.82, 2.24) is 19.1 Å². The lowest BCUT2D eigenvalue weighted by atomic mass is 10.0. The van der Waals surface area contributed by atoms with Crippen LogP contribution in [-0.2, 0) is 13.1 Å². The second-order valence-corrected chi connectivity index (χ2v) is 6.21. The van der Waals surface area contributed by atoms with E-state index in [1.807, 2.05) is 6.92 Å². The standard InChI is InChI=1S/C15H24N4O3/c1-4-18-12-11(16-10-17-12)13(20)19(14(18)21)9-7-5-6-8-15(2,3)22/h10,22H,4-9H2,1-3H3,(H,16,17). The van der Waals surface area contributed by atoms with Crippen LogP contribution in [-0.4, -0.2) is 29.8 Å². The number of unbranched alkanes of at least 4 members (excludes halogenated alkanes) is 2. The highest BCUT2D eigenvalue weighted by molar-refractivity contribution is 5.68. The molecule has 2 aromatic heterocycles. The van der Waals surface area contributed by atoms with Gasteiger partial charge in [0.2, 0.25) is 0 Å². The van der Waals surface area contributed by atoms with Crippen LogP contribution in [0.3, 0.4) is 0 Å². The number of nitrogens with one attached hydrogen (secondary N) is 1. The Hall–Kier alpha value is -1.89. The lowest BCUT2D eigenvalue weighted by molar-refractivity contribution is 0.0679. The average Bonchev–Trinajstić information content (AvgIpc) is 2.90. The van der Waals surface area contributed by atoms with Crippen LogP contribution in [0, 0.1) is 0 Å². The minimum Gasteiger partial charge on any atom is -0.390 e. The maximum absolute atomic E-state index is 12.4. The zero-order valence-corrected chi connectivity index (χ0v) is 13.4. The van der Waals surface area contributed by atoms with Gasteiger partial charge in [0.1, 0.15) is 5.52 Å². The normalized spacial score (nSPS) is 12.2. The molecular formula is C15H24N4O3. The van der Waals surface area contributed by atoms with Crippen LogP contribution in [0.4, 0.5) is 0 Å². The summed E-state index contributed by atoms with van der Waals surface area (Å²) in [7, 11) is 0. The maximum Gasteiger partial charge on any atom is 0.332 e. The molecule has 0 aliphatic heterocycles. The molecule has 2 N–H and O–H groups in total. The van der Waals surface area contributed by atoms with E-state index in [0.717, 1.165) is 19.3 Å². The predicted octanol–water partition coefficient (Wildman–Crippen LogP) is 1.24. The van der Waals surface area contributed by atoms with E-state index < -0.39 is 5.60 Å². The summed E-state index contributed by atoms with van der Waals surface area (Å²) in [5.74, 6) is 0. The van der Waals surface area contributed by atoms with Crippen LogP contribution >= 0.6 is 0 Å². The molecule has 0 aromatic carbocycles. The third-order valence-electron chi connectivity index (χ3n) is 3.78. The molecular weight excluding hydrogens is 284 g/mol. The van der Waals surface area contributed by atoms with Crippen molar-refractivity contribution in [1.29, 1.82) is 0 Å². The van der Waals surface area contributed by atoms with Gasteiger partial charge >= 0.3 is 5.69 Å². The number of aryl methyl sites for hydroxylation is 1. The summed E-state index contributed by atoms with van der Waals surface area (Å²) in [6.07, 6.45) is 4.61. The van der Waals surface area contributed by atoms with E-state index in [-0.39, 0.29) is 11.2 Å². The molecule has 0 bridgehead atoms. The van der Waals surface area contributed by atoms with Gasteiger partial charge < -0.3 is 10.1 Å². The van der Waals surface area contributed by atoms with Gasteiger partial charge in [-0.1, -0.05) is 12.8 Å². The Morgan fingerprint density at radius 3 is 2.59 bits per heavy atom. The molecule has 0 aliphatic rings. The molecule has 2 aromatic rings. The number of fused-ring (bicyclic) bond motifs is 1.